The van der Waals surface area contributed by atoms with Crippen molar-refractivity contribution < 1.29 is 9.53 Å². The van der Waals surface area contributed by atoms with E-state index in [9.17, 15) is 4.79 Å². The van der Waals surface area contributed by atoms with E-state index in [1.165, 1.54) is 11.8 Å². The quantitative estimate of drug-likeness (QED) is 0.502. The molecule has 3 aromatic rings. The number of ketones is 1. The Labute approximate surface area is 149 Å². The molecule has 0 N–H and O–H groups in total. The smallest absolute Gasteiger partial charge is 0.210 e. The Bertz CT molecular complexity index is 895. The van der Waals surface area contributed by atoms with E-state index in [0.717, 1.165) is 23.3 Å². The molecule has 0 spiro atoms. The molecule has 0 amide bonds. The van der Waals surface area contributed by atoms with Crippen LogP contribution in [0.2, 0.25) is 0 Å². The minimum atomic E-state index is 0.0639. The Kier molecular flexibility index (Phi) is 4.47. The van der Waals surface area contributed by atoms with Gasteiger partial charge in [-0.15, -0.1) is 5.10 Å². The molecule has 1 aromatic heterocycles. The zero-order chi connectivity index (χ0) is 17.1. The predicted octanol–water partition coefficient (Wildman–Crippen LogP) is 2.63. The van der Waals surface area contributed by atoms with E-state index >= 15 is 0 Å². The molecule has 7 heteroatoms. The average Bonchev–Trinajstić information content (AvgIpc) is 3.29. The molecule has 1 aliphatic heterocycles. The molecule has 0 saturated carbocycles. The summed E-state index contributed by atoms with van der Waals surface area (Å²) in [6.45, 7) is 1.27. The Morgan fingerprint density at radius 1 is 1.20 bits per heavy atom. The van der Waals surface area contributed by atoms with Crippen LogP contribution in [0.15, 0.2) is 53.7 Å². The highest BCUT2D eigenvalue weighted by Gasteiger charge is 2.16. The molecule has 0 atom stereocenters. The fourth-order valence-corrected chi connectivity index (χ4v) is 3.50. The van der Waals surface area contributed by atoms with Gasteiger partial charge >= 0.3 is 0 Å². The molecule has 2 aromatic carbocycles. The molecule has 0 unspecified atom stereocenters. The zero-order valence-electron chi connectivity index (χ0n) is 13.5. The highest BCUT2D eigenvalue weighted by atomic mass is 32.2. The summed E-state index contributed by atoms with van der Waals surface area (Å²) in [4.78, 5) is 12.5. The second-order valence-corrected chi connectivity index (χ2v) is 6.68. The molecule has 2 heterocycles. The van der Waals surface area contributed by atoms with E-state index < -0.39 is 0 Å². The van der Waals surface area contributed by atoms with Crippen LogP contribution in [0.5, 0.6) is 5.75 Å². The molecule has 0 aliphatic carbocycles. The van der Waals surface area contributed by atoms with Gasteiger partial charge in [-0.1, -0.05) is 42.1 Å². The summed E-state index contributed by atoms with van der Waals surface area (Å²) in [7, 11) is 0. The van der Waals surface area contributed by atoms with Gasteiger partial charge in [0.25, 0.3) is 0 Å². The fourth-order valence-electron chi connectivity index (χ4n) is 2.73. The first kappa shape index (κ1) is 15.8. The average molecular weight is 352 g/mol. The van der Waals surface area contributed by atoms with Gasteiger partial charge in [0.05, 0.1) is 18.9 Å². The summed E-state index contributed by atoms with van der Waals surface area (Å²) in [6, 6.07) is 15.6. The van der Waals surface area contributed by atoms with Gasteiger partial charge < -0.3 is 4.74 Å². The molecule has 0 fully saturated rings. The van der Waals surface area contributed by atoms with Crippen LogP contribution in [-0.2, 0) is 13.0 Å². The van der Waals surface area contributed by atoms with Crippen LogP contribution >= 0.6 is 11.8 Å². The van der Waals surface area contributed by atoms with Gasteiger partial charge in [-0.05, 0) is 39.8 Å². The number of tetrazole rings is 1. The summed E-state index contributed by atoms with van der Waals surface area (Å²) in [6.07, 6.45) is 0.860. The maximum absolute atomic E-state index is 12.5. The van der Waals surface area contributed by atoms with Crippen LogP contribution in [0, 0.1) is 0 Å². The van der Waals surface area contributed by atoms with E-state index in [0.29, 0.717) is 29.6 Å². The predicted molar refractivity (Wildman–Crippen MR) is 94.1 cm³/mol. The normalized spacial score (nSPS) is 12.6. The Balaban J connectivity index is 1.42. The lowest BCUT2D eigenvalue weighted by Gasteiger charge is -2.05. The van der Waals surface area contributed by atoms with Crippen LogP contribution in [0.1, 0.15) is 21.5 Å². The van der Waals surface area contributed by atoms with Crippen molar-refractivity contribution in [1.29, 1.82) is 0 Å². The number of hydrogen-bond donors (Lipinski definition) is 0. The van der Waals surface area contributed by atoms with Gasteiger partial charge in [-0.2, -0.15) is 0 Å². The van der Waals surface area contributed by atoms with Crippen LogP contribution < -0.4 is 4.74 Å². The topological polar surface area (TPSA) is 69.9 Å². The third-order valence-corrected chi connectivity index (χ3v) is 4.98. The van der Waals surface area contributed by atoms with E-state index in [1.807, 2.05) is 48.5 Å². The van der Waals surface area contributed by atoms with Crippen molar-refractivity contribution in [3.63, 3.8) is 0 Å². The van der Waals surface area contributed by atoms with Crippen LogP contribution in [0.3, 0.4) is 0 Å². The summed E-state index contributed by atoms with van der Waals surface area (Å²) in [5.74, 6) is 1.25. The molecule has 0 bridgehead atoms. The third-order valence-electron chi connectivity index (χ3n) is 4.02. The molecular formula is C18H16N4O2S. The minimum Gasteiger partial charge on any atom is -0.493 e. The number of aromatic nitrogens is 4. The van der Waals surface area contributed by atoms with Crippen LogP contribution in [-0.4, -0.2) is 38.4 Å². The minimum absolute atomic E-state index is 0.0639. The highest BCUT2D eigenvalue weighted by Crippen LogP contribution is 2.26. The van der Waals surface area contributed by atoms with E-state index in [1.54, 1.807) is 4.68 Å². The number of carbonyl (C=O) groups is 1. The molecule has 0 radical (unpaired) electrons. The van der Waals surface area contributed by atoms with Gasteiger partial charge in [0.15, 0.2) is 5.78 Å². The van der Waals surface area contributed by atoms with Gasteiger partial charge in [-0.3, -0.25) is 4.79 Å². The van der Waals surface area contributed by atoms with Gasteiger partial charge in [-0.25, -0.2) is 4.68 Å². The number of thioether (sulfide) groups is 1. The van der Waals surface area contributed by atoms with E-state index in [2.05, 4.69) is 15.5 Å². The number of nitrogens with zero attached hydrogens (tertiary/aromatic N) is 4. The number of rotatable bonds is 6. The number of hydrogen-bond acceptors (Lipinski definition) is 6. The first-order chi connectivity index (χ1) is 12.3. The first-order valence-electron chi connectivity index (χ1n) is 8.01. The van der Waals surface area contributed by atoms with Gasteiger partial charge in [0.2, 0.25) is 5.16 Å². The van der Waals surface area contributed by atoms with Crippen molar-refractivity contribution in [3.05, 3.63) is 65.2 Å². The molecule has 126 valence electrons. The molecule has 25 heavy (non-hydrogen) atoms. The molecular weight excluding hydrogens is 336 g/mol. The maximum atomic E-state index is 12.5. The van der Waals surface area contributed by atoms with Crippen molar-refractivity contribution in [1.82, 2.24) is 20.2 Å². The summed E-state index contributed by atoms with van der Waals surface area (Å²) >= 11 is 1.36. The number of Topliss-reactive ketones (excluding diaryl/α,β-unsaturated/α-hetero) is 1. The maximum Gasteiger partial charge on any atom is 0.210 e. The lowest BCUT2D eigenvalue weighted by molar-refractivity contribution is 0.102. The fraction of sp³-hybridized carbons (Fsp3) is 0.222. The summed E-state index contributed by atoms with van der Waals surface area (Å²) in [5, 5.41) is 12.4. The first-order valence-corrected chi connectivity index (χ1v) is 9.00. The largest absolute Gasteiger partial charge is 0.493 e. The molecule has 4 rings (SSSR count). The number of ether oxygens (including phenoxy) is 1. The standard InChI is InChI=1S/C18H16N4O2S/c23-16(14-6-7-17-15(10-14)8-9-24-17)12-25-18-19-20-21-22(18)11-13-4-2-1-3-5-13/h1-7,10H,8-9,11-12H2. The van der Waals surface area contributed by atoms with Crippen molar-refractivity contribution in [2.75, 3.05) is 12.4 Å². The lowest BCUT2D eigenvalue weighted by Crippen LogP contribution is -2.07. The number of benzene rings is 2. The Hall–Kier alpha value is -2.67. The third kappa shape index (κ3) is 3.56. The zero-order valence-corrected chi connectivity index (χ0v) is 14.3. The Morgan fingerprint density at radius 2 is 2.08 bits per heavy atom. The summed E-state index contributed by atoms with van der Waals surface area (Å²) < 4.78 is 7.19. The van der Waals surface area contributed by atoms with Gasteiger partial charge in [0.1, 0.15) is 5.75 Å². The van der Waals surface area contributed by atoms with E-state index in [-0.39, 0.29) is 5.78 Å². The lowest BCUT2D eigenvalue weighted by atomic mass is 10.1. The van der Waals surface area contributed by atoms with Crippen LogP contribution in [0.4, 0.5) is 0 Å². The second-order valence-electron chi connectivity index (χ2n) is 5.74. The van der Waals surface area contributed by atoms with Crippen molar-refractivity contribution in [2.45, 2.75) is 18.1 Å². The monoisotopic (exact) mass is 352 g/mol. The SMILES string of the molecule is O=C(CSc1nnnn1Cc1ccccc1)c1ccc2c(c1)CCO2. The van der Waals surface area contributed by atoms with Gasteiger partial charge in [0, 0.05) is 12.0 Å². The molecule has 6 nitrogen and oxygen atoms in total. The summed E-state index contributed by atoms with van der Waals surface area (Å²) in [5.41, 5.74) is 2.92. The molecule has 0 saturated heterocycles. The van der Waals surface area contributed by atoms with Crippen molar-refractivity contribution >= 4 is 17.5 Å². The van der Waals surface area contributed by atoms with Crippen molar-refractivity contribution in [3.8, 4) is 5.75 Å². The number of carbonyl (C=O) groups excluding carboxylic acids is 1. The van der Waals surface area contributed by atoms with Crippen molar-refractivity contribution in [2.24, 2.45) is 0 Å². The van der Waals surface area contributed by atoms with Crippen LogP contribution in [0.25, 0.3) is 0 Å². The second kappa shape index (κ2) is 7.06. The molecule has 1 aliphatic rings. The van der Waals surface area contributed by atoms with E-state index in [4.69, 9.17) is 4.74 Å². The Morgan fingerprint density at radius 3 is 2.96 bits per heavy atom. The number of fused-ring (bicyclic) bond motifs is 1. The highest BCUT2D eigenvalue weighted by molar-refractivity contribution is 7.99.